The van der Waals surface area contributed by atoms with Gasteiger partial charge < -0.3 is 10.1 Å². The molecular weight excluding hydrogens is 240 g/mol. The van der Waals surface area contributed by atoms with Crippen molar-refractivity contribution in [1.29, 1.82) is 0 Å². The number of ether oxygens (including phenoxy) is 1. The maximum absolute atomic E-state index is 13.6. The first-order valence-electron chi connectivity index (χ1n) is 4.64. The quantitative estimate of drug-likeness (QED) is 0.774. The van der Waals surface area contributed by atoms with Gasteiger partial charge in [-0.1, -0.05) is 23.2 Å². The molecule has 15 heavy (non-hydrogen) atoms. The summed E-state index contributed by atoms with van der Waals surface area (Å²) in [7, 11) is 0. The van der Waals surface area contributed by atoms with Crippen LogP contribution in [0.1, 0.15) is 11.6 Å². The van der Waals surface area contributed by atoms with E-state index in [2.05, 4.69) is 5.32 Å². The second kappa shape index (κ2) is 4.66. The summed E-state index contributed by atoms with van der Waals surface area (Å²) in [6.45, 7) is 1.74. The molecule has 1 saturated heterocycles. The van der Waals surface area contributed by atoms with Gasteiger partial charge in [-0.15, -0.1) is 0 Å². The van der Waals surface area contributed by atoms with Gasteiger partial charge in [0.1, 0.15) is 5.82 Å². The molecule has 0 unspecified atom stereocenters. The molecule has 0 bridgehead atoms. The summed E-state index contributed by atoms with van der Waals surface area (Å²) in [6, 6.07) is 2.55. The van der Waals surface area contributed by atoms with E-state index in [1.165, 1.54) is 12.1 Å². The van der Waals surface area contributed by atoms with Gasteiger partial charge in [0, 0.05) is 12.1 Å². The minimum atomic E-state index is -0.354. The molecule has 1 atom stereocenters. The van der Waals surface area contributed by atoms with Crippen LogP contribution in [0.25, 0.3) is 0 Å². The van der Waals surface area contributed by atoms with E-state index in [0.29, 0.717) is 30.3 Å². The molecule has 1 aromatic rings. The molecule has 82 valence electrons. The van der Waals surface area contributed by atoms with Crippen LogP contribution in [0.3, 0.4) is 0 Å². The van der Waals surface area contributed by atoms with Crippen molar-refractivity contribution in [1.82, 2.24) is 5.32 Å². The molecule has 5 heteroatoms. The largest absolute Gasteiger partial charge is 0.378 e. The van der Waals surface area contributed by atoms with E-state index in [-0.39, 0.29) is 16.9 Å². The Labute approximate surface area is 97.3 Å². The van der Waals surface area contributed by atoms with E-state index in [4.69, 9.17) is 27.9 Å². The Bertz CT molecular complexity index is 367. The van der Waals surface area contributed by atoms with Crippen molar-refractivity contribution in [3.8, 4) is 0 Å². The topological polar surface area (TPSA) is 21.3 Å². The normalized spacial score (nSPS) is 21.7. The molecule has 0 saturated carbocycles. The highest BCUT2D eigenvalue weighted by molar-refractivity contribution is 6.42. The van der Waals surface area contributed by atoms with Crippen molar-refractivity contribution in [3.05, 3.63) is 33.6 Å². The van der Waals surface area contributed by atoms with Gasteiger partial charge in [0.2, 0.25) is 0 Å². The Kier molecular flexibility index (Phi) is 3.46. The molecule has 2 nitrogen and oxygen atoms in total. The number of morpholine rings is 1. The first kappa shape index (κ1) is 11.1. The fourth-order valence-electron chi connectivity index (χ4n) is 1.61. The van der Waals surface area contributed by atoms with Crippen LogP contribution < -0.4 is 5.32 Å². The number of nitrogens with one attached hydrogen (secondary N) is 1. The van der Waals surface area contributed by atoms with Crippen molar-refractivity contribution in [3.63, 3.8) is 0 Å². The van der Waals surface area contributed by atoms with Crippen molar-refractivity contribution < 1.29 is 9.13 Å². The third-order valence-electron chi connectivity index (χ3n) is 2.35. The number of hydrogen-bond acceptors (Lipinski definition) is 2. The molecule has 1 aromatic carbocycles. The van der Waals surface area contributed by atoms with E-state index < -0.39 is 0 Å². The second-order valence-corrected chi connectivity index (χ2v) is 4.12. The first-order valence-corrected chi connectivity index (χ1v) is 5.40. The van der Waals surface area contributed by atoms with Crippen LogP contribution in [0.2, 0.25) is 10.0 Å². The van der Waals surface area contributed by atoms with Crippen LogP contribution in [-0.4, -0.2) is 19.8 Å². The van der Waals surface area contributed by atoms with E-state index in [0.717, 1.165) is 0 Å². The minimum absolute atomic E-state index is 0.218. The Hall–Kier alpha value is -0.350. The molecule has 2 rings (SSSR count). The predicted octanol–water partition coefficient (Wildman–Crippen LogP) is 2.79. The lowest BCUT2D eigenvalue weighted by Crippen LogP contribution is -2.35. The summed E-state index contributed by atoms with van der Waals surface area (Å²) in [5, 5.41) is 3.76. The van der Waals surface area contributed by atoms with Crippen molar-refractivity contribution in [2.45, 2.75) is 6.04 Å². The van der Waals surface area contributed by atoms with Gasteiger partial charge in [-0.25, -0.2) is 4.39 Å². The van der Waals surface area contributed by atoms with Crippen LogP contribution in [-0.2, 0) is 4.74 Å². The smallest absolute Gasteiger partial charge is 0.129 e. The van der Waals surface area contributed by atoms with E-state index in [9.17, 15) is 4.39 Å². The van der Waals surface area contributed by atoms with Crippen LogP contribution in [0, 0.1) is 5.82 Å². The standard InChI is InChI=1S/C10H10Cl2FNO/c11-6-1-2-7(13)9(10(6)12)8-5-15-4-3-14-8/h1-2,8,14H,3-5H2/t8-/m1/s1. The molecule has 0 aliphatic carbocycles. The fraction of sp³-hybridized carbons (Fsp3) is 0.400. The summed E-state index contributed by atoms with van der Waals surface area (Å²) in [5.74, 6) is -0.354. The van der Waals surface area contributed by atoms with E-state index >= 15 is 0 Å². The number of halogens is 3. The molecule has 1 N–H and O–H groups in total. The maximum atomic E-state index is 13.6. The van der Waals surface area contributed by atoms with Gasteiger partial charge in [0.05, 0.1) is 29.3 Å². The van der Waals surface area contributed by atoms with Crippen LogP contribution >= 0.6 is 23.2 Å². The summed E-state index contributed by atoms with van der Waals surface area (Å²) in [5.41, 5.74) is 0.392. The van der Waals surface area contributed by atoms with Crippen LogP contribution in [0.4, 0.5) is 4.39 Å². The molecular formula is C10H10Cl2FNO. The number of rotatable bonds is 1. The predicted molar refractivity (Wildman–Crippen MR) is 58.0 cm³/mol. The third-order valence-corrected chi connectivity index (χ3v) is 3.17. The Morgan fingerprint density at radius 1 is 1.40 bits per heavy atom. The lowest BCUT2D eigenvalue weighted by atomic mass is 10.1. The summed E-state index contributed by atoms with van der Waals surface area (Å²) in [4.78, 5) is 0. The highest BCUT2D eigenvalue weighted by atomic mass is 35.5. The van der Waals surface area contributed by atoms with Gasteiger partial charge in [0.25, 0.3) is 0 Å². The molecule has 1 aliphatic heterocycles. The van der Waals surface area contributed by atoms with E-state index in [1.807, 2.05) is 0 Å². The zero-order valence-electron chi connectivity index (χ0n) is 7.90. The number of benzene rings is 1. The zero-order valence-corrected chi connectivity index (χ0v) is 9.41. The Morgan fingerprint density at radius 3 is 2.87 bits per heavy atom. The van der Waals surface area contributed by atoms with Gasteiger partial charge in [-0.2, -0.15) is 0 Å². The average molecular weight is 250 g/mol. The minimum Gasteiger partial charge on any atom is -0.378 e. The SMILES string of the molecule is Fc1ccc(Cl)c(Cl)c1[C@H]1COCCN1. The highest BCUT2D eigenvalue weighted by Gasteiger charge is 2.22. The molecule has 1 fully saturated rings. The van der Waals surface area contributed by atoms with Crippen LogP contribution in [0.15, 0.2) is 12.1 Å². The van der Waals surface area contributed by atoms with Gasteiger partial charge in [-0.3, -0.25) is 0 Å². The molecule has 0 radical (unpaired) electrons. The second-order valence-electron chi connectivity index (χ2n) is 3.34. The summed E-state index contributed by atoms with van der Waals surface area (Å²) in [6.07, 6.45) is 0. The van der Waals surface area contributed by atoms with Crippen molar-refractivity contribution in [2.24, 2.45) is 0 Å². The third kappa shape index (κ3) is 2.26. The van der Waals surface area contributed by atoms with Crippen molar-refractivity contribution in [2.75, 3.05) is 19.8 Å². The molecule has 1 heterocycles. The highest BCUT2D eigenvalue weighted by Crippen LogP contribution is 2.32. The van der Waals surface area contributed by atoms with E-state index in [1.54, 1.807) is 0 Å². The Morgan fingerprint density at radius 2 is 2.20 bits per heavy atom. The Balaban J connectivity index is 2.36. The van der Waals surface area contributed by atoms with Crippen molar-refractivity contribution >= 4 is 23.2 Å². The zero-order chi connectivity index (χ0) is 10.8. The molecule has 0 aromatic heterocycles. The number of hydrogen-bond donors (Lipinski definition) is 1. The van der Waals surface area contributed by atoms with Gasteiger partial charge >= 0.3 is 0 Å². The molecule has 0 spiro atoms. The molecule has 1 aliphatic rings. The first-order chi connectivity index (χ1) is 7.20. The average Bonchev–Trinajstić information content (AvgIpc) is 2.26. The van der Waals surface area contributed by atoms with Gasteiger partial charge in [-0.05, 0) is 12.1 Å². The molecule has 0 amide bonds. The van der Waals surface area contributed by atoms with Crippen LogP contribution in [0.5, 0.6) is 0 Å². The lowest BCUT2D eigenvalue weighted by Gasteiger charge is -2.25. The fourth-order valence-corrected chi connectivity index (χ4v) is 2.06. The maximum Gasteiger partial charge on any atom is 0.129 e. The van der Waals surface area contributed by atoms with Gasteiger partial charge in [0.15, 0.2) is 0 Å². The monoisotopic (exact) mass is 249 g/mol. The summed E-state index contributed by atoms with van der Waals surface area (Å²) >= 11 is 11.8. The lowest BCUT2D eigenvalue weighted by molar-refractivity contribution is 0.0758. The summed E-state index contributed by atoms with van der Waals surface area (Å²) < 4.78 is 18.8.